The first-order valence-electron chi connectivity index (χ1n) is 15.7. The van der Waals surface area contributed by atoms with E-state index in [1.54, 1.807) is 38.6 Å². The molecule has 2 bridgehead atoms. The molecule has 5 rings (SSSR count). The normalized spacial score (nSPS) is 27.4. The molecular weight excluding hydrogens is 650 g/mol. The number of rotatable bonds is 12. The molecule has 0 aliphatic carbocycles. The molecule has 3 fully saturated rings. The van der Waals surface area contributed by atoms with Gasteiger partial charge in [-0.2, -0.15) is 0 Å². The SMILES string of the molecule is C=CCN(C(=O)[C@H]1[C@@H]2SC3(CC2Br)C(C(=O)N(CC=C)c2c(C)cccc2C)N([C@@H](CO)CC(C)C)C(=O)[C@H]13)c1ccccc1. The number of hydrogen-bond donors (Lipinski definition) is 1. The van der Waals surface area contributed by atoms with Crippen LogP contribution < -0.4 is 9.80 Å². The third-order valence-corrected chi connectivity index (χ3v) is 12.7. The second-order valence-corrected chi connectivity index (χ2v) is 15.6. The van der Waals surface area contributed by atoms with Gasteiger partial charge in [0.15, 0.2) is 0 Å². The maximum absolute atomic E-state index is 15.1. The average Bonchev–Trinajstić information content (AvgIpc) is 3.61. The van der Waals surface area contributed by atoms with Crippen molar-refractivity contribution in [2.45, 2.75) is 67.4 Å². The Labute approximate surface area is 279 Å². The molecule has 7 atom stereocenters. The number of nitrogens with zero attached hydrogens (tertiary/aromatic N) is 3. The van der Waals surface area contributed by atoms with Crippen molar-refractivity contribution in [1.82, 2.24) is 4.90 Å². The third kappa shape index (κ3) is 5.69. The number of aryl methyl sites for hydroxylation is 2. The van der Waals surface area contributed by atoms with Gasteiger partial charge in [-0.1, -0.05) is 78.3 Å². The van der Waals surface area contributed by atoms with Crippen molar-refractivity contribution in [2.75, 3.05) is 29.5 Å². The number of carbonyl (C=O) groups excluding carboxylic acids is 3. The molecule has 0 radical (unpaired) electrons. The Bertz CT molecular complexity index is 1450. The molecule has 3 aliphatic rings. The van der Waals surface area contributed by atoms with E-state index in [9.17, 15) is 14.7 Å². The second-order valence-electron chi connectivity index (χ2n) is 12.9. The molecule has 0 saturated carbocycles. The van der Waals surface area contributed by atoms with Crippen molar-refractivity contribution in [2.24, 2.45) is 17.8 Å². The van der Waals surface area contributed by atoms with Gasteiger partial charge in [0.25, 0.3) is 5.91 Å². The van der Waals surface area contributed by atoms with Crippen molar-refractivity contribution < 1.29 is 19.5 Å². The van der Waals surface area contributed by atoms with Gasteiger partial charge in [-0.3, -0.25) is 14.4 Å². The number of anilines is 2. The average molecular weight is 695 g/mol. The summed E-state index contributed by atoms with van der Waals surface area (Å²) >= 11 is 5.51. The molecule has 3 amide bonds. The molecular formula is C36H44BrN3O4S. The van der Waals surface area contributed by atoms with E-state index >= 15 is 4.79 Å². The van der Waals surface area contributed by atoms with Crippen LogP contribution in [0.1, 0.15) is 37.8 Å². The van der Waals surface area contributed by atoms with E-state index in [2.05, 4.69) is 29.1 Å². The molecule has 3 unspecified atom stereocenters. The van der Waals surface area contributed by atoms with Crippen molar-refractivity contribution in [3.8, 4) is 0 Å². The minimum atomic E-state index is -0.859. The minimum Gasteiger partial charge on any atom is -0.394 e. The zero-order chi connectivity index (χ0) is 32.6. The fourth-order valence-corrected chi connectivity index (χ4v) is 11.5. The largest absolute Gasteiger partial charge is 0.394 e. The number of benzene rings is 2. The lowest BCUT2D eigenvalue weighted by Crippen LogP contribution is -2.58. The number of alkyl halides is 1. The van der Waals surface area contributed by atoms with Gasteiger partial charge in [0, 0.05) is 34.5 Å². The predicted octanol–water partition coefficient (Wildman–Crippen LogP) is 5.91. The summed E-state index contributed by atoms with van der Waals surface area (Å²) in [6.45, 7) is 16.2. The van der Waals surface area contributed by atoms with Crippen LogP contribution in [-0.4, -0.2) is 74.3 Å². The molecule has 45 heavy (non-hydrogen) atoms. The van der Waals surface area contributed by atoms with Crippen LogP contribution in [-0.2, 0) is 14.4 Å². The van der Waals surface area contributed by atoms with Gasteiger partial charge in [-0.25, -0.2) is 0 Å². The molecule has 0 aromatic heterocycles. The molecule has 3 saturated heterocycles. The number of aliphatic hydroxyl groups is 1. The van der Waals surface area contributed by atoms with Crippen LogP contribution in [0.4, 0.5) is 11.4 Å². The van der Waals surface area contributed by atoms with Gasteiger partial charge in [0.1, 0.15) is 6.04 Å². The minimum absolute atomic E-state index is 0.0668. The van der Waals surface area contributed by atoms with Gasteiger partial charge < -0.3 is 19.8 Å². The van der Waals surface area contributed by atoms with E-state index in [0.717, 1.165) is 22.5 Å². The highest BCUT2D eigenvalue weighted by Gasteiger charge is 2.76. The number of fused-ring (bicyclic) bond motifs is 1. The molecule has 2 aromatic carbocycles. The molecule has 240 valence electrons. The molecule has 3 aliphatic heterocycles. The summed E-state index contributed by atoms with van der Waals surface area (Å²) in [7, 11) is 0. The Kier molecular flexibility index (Phi) is 10.0. The number of thioether (sulfide) groups is 1. The highest BCUT2D eigenvalue weighted by atomic mass is 79.9. The molecule has 7 nitrogen and oxygen atoms in total. The summed E-state index contributed by atoms with van der Waals surface area (Å²) < 4.78 is -0.843. The van der Waals surface area contributed by atoms with E-state index in [1.807, 2.05) is 76.2 Å². The van der Waals surface area contributed by atoms with Crippen molar-refractivity contribution in [3.63, 3.8) is 0 Å². The number of para-hydroxylation sites is 2. The monoisotopic (exact) mass is 693 g/mol. The molecule has 1 spiro atoms. The Morgan fingerprint density at radius 1 is 1.04 bits per heavy atom. The lowest BCUT2D eigenvalue weighted by atomic mass is 9.70. The topological polar surface area (TPSA) is 81.2 Å². The zero-order valence-corrected chi connectivity index (χ0v) is 29.0. The van der Waals surface area contributed by atoms with E-state index in [-0.39, 0.29) is 46.9 Å². The standard InChI is InChI=1S/C36H44BrN3O4S/c1-7-17-38(25-15-10-9-11-16-25)33(42)28-29-34(43)40(26(21-41)19-22(3)4)32(36(29)20-27(37)31(28)45-36)35(44)39(18-8-2)30-23(5)13-12-14-24(30)6/h7-16,22,26-29,31-32,41H,1-2,17-21H2,3-6H3/t26-,27?,28-,29+,31-,32?,36?/m1/s1. The molecule has 3 heterocycles. The maximum Gasteiger partial charge on any atom is 0.251 e. The van der Waals surface area contributed by atoms with E-state index < -0.39 is 28.7 Å². The fraction of sp³-hybridized carbons (Fsp3) is 0.472. The van der Waals surface area contributed by atoms with Gasteiger partial charge >= 0.3 is 0 Å². The first-order valence-corrected chi connectivity index (χ1v) is 17.5. The summed E-state index contributed by atoms with van der Waals surface area (Å²) in [6, 6.07) is 14.0. The van der Waals surface area contributed by atoms with Crippen LogP contribution >= 0.6 is 27.7 Å². The summed E-state index contributed by atoms with van der Waals surface area (Å²) in [5, 5.41) is 10.5. The number of hydrogen-bond acceptors (Lipinski definition) is 5. The van der Waals surface area contributed by atoms with Crippen molar-refractivity contribution in [1.29, 1.82) is 0 Å². The Morgan fingerprint density at radius 2 is 1.67 bits per heavy atom. The van der Waals surface area contributed by atoms with Gasteiger partial charge in [0.2, 0.25) is 11.8 Å². The fourth-order valence-electron chi connectivity index (χ4n) is 7.88. The molecule has 2 aromatic rings. The highest BCUT2D eigenvalue weighted by molar-refractivity contribution is 9.09. The Morgan fingerprint density at radius 3 is 2.24 bits per heavy atom. The third-order valence-electron chi connectivity index (χ3n) is 9.53. The van der Waals surface area contributed by atoms with Crippen LogP contribution in [0.2, 0.25) is 0 Å². The van der Waals surface area contributed by atoms with Gasteiger partial charge in [0.05, 0.1) is 29.2 Å². The lowest BCUT2D eigenvalue weighted by Gasteiger charge is -2.41. The summed E-state index contributed by atoms with van der Waals surface area (Å²) in [5.41, 5.74) is 3.45. The first kappa shape index (κ1) is 33.5. The number of carbonyl (C=O) groups is 3. The summed E-state index contributed by atoms with van der Waals surface area (Å²) in [4.78, 5) is 49.7. The Balaban J connectivity index is 1.66. The van der Waals surface area contributed by atoms with Crippen molar-refractivity contribution in [3.05, 3.63) is 85.0 Å². The lowest BCUT2D eigenvalue weighted by molar-refractivity contribution is -0.142. The molecule has 1 N–H and O–H groups in total. The van der Waals surface area contributed by atoms with E-state index in [0.29, 0.717) is 19.4 Å². The van der Waals surface area contributed by atoms with Crippen molar-refractivity contribution >= 4 is 56.8 Å². The Hall–Kier alpha value is -2.88. The summed E-state index contributed by atoms with van der Waals surface area (Å²) in [6.07, 6.45) is 4.51. The number of aliphatic hydroxyl groups excluding tert-OH is 1. The van der Waals surface area contributed by atoms with Crippen LogP contribution in [0.5, 0.6) is 0 Å². The zero-order valence-electron chi connectivity index (χ0n) is 26.6. The van der Waals surface area contributed by atoms with Crippen LogP contribution in [0.3, 0.4) is 0 Å². The molecule has 9 heteroatoms. The smallest absolute Gasteiger partial charge is 0.251 e. The predicted molar refractivity (Wildman–Crippen MR) is 187 cm³/mol. The second kappa shape index (κ2) is 13.5. The van der Waals surface area contributed by atoms with Gasteiger partial charge in [-0.15, -0.1) is 24.9 Å². The van der Waals surface area contributed by atoms with Crippen LogP contribution in [0.25, 0.3) is 0 Å². The summed E-state index contributed by atoms with van der Waals surface area (Å²) in [5.74, 6) is -1.72. The number of likely N-dealkylation sites (tertiary alicyclic amines) is 1. The highest BCUT2D eigenvalue weighted by Crippen LogP contribution is 2.68. The maximum atomic E-state index is 15.1. The van der Waals surface area contributed by atoms with Crippen LogP contribution in [0.15, 0.2) is 73.8 Å². The first-order chi connectivity index (χ1) is 21.5. The quantitative estimate of drug-likeness (QED) is 0.221. The van der Waals surface area contributed by atoms with E-state index in [4.69, 9.17) is 0 Å². The van der Waals surface area contributed by atoms with Gasteiger partial charge in [-0.05, 0) is 55.9 Å². The van der Waals surface area contributed by atoms with E-state index in [1.165, 1.54) is 0 Å². The van der Waals surface area contributed by atoms with Crippen LogP contribution in [0, 0.1) is 31.6 Å². The number of amides is 3. The number of halogens is 1.